The number of hydrogen-bond acceptors (Lipinski definition) is 6. The van der Waals surface area contributed by atoms with Crippen LogP contribution in [0.25, 0.3) is 11.3 Å². The average molecular weight is 463 g/mol. The predicted molar refractivity (Wildman–Crippen MR) is 117 cm³/mol. The summed E-state index contributed by atoms with van der Waals surface area (Å²) < 4.78 is 55.6. The number of anilines is 1. The number of alkyl halides is 2. The lowest BCUT2D eigenvalue weighted by molar-refractivity contribution is -0.00603. The Morgan fingerprint density at radius 1 is 1.28 bits per heavy atom. The molecule has 0 radical (unpaired) electrons. The number of β-amino-alcohol motifs (C(OH)–C–C–N with tert-alkyl or cyclic N) is 1. The van der Waals surface area contributed by atoms with Crippen LogP contribution >= 0.6 is 0 Å². The van der Waals surface area contributed by atoms with Gasteiger partial charge in [-0.15, -0.1) is 0 Å². The van der Waals surface area contributed by atoms with Crippen LogP contribution in [0, 0.1) is 0 Å². The minimum atomic E-state index is -3.44. The molecule has 3 atom stereocenters. The first-order valence-electron chi connectivity index (χ1n) is 10.7. The second-order valence-corrected chi connectivity index (χ2v) is 10.6. The zero-order valence-electron chi connectivity index (χ0n) is 17.8. The highest BCUT2D eigenvalue weighted by Gasteiger charge is 2.45. The summed E-state index contributed by atoms with van der Waals surface area (Å²) in [5.41, 5.74) is 3.55. The molecule has 1 saturated heterocycles. The summed E-state index contributed by atoms with van der Waals surface area (Å²) in [6.45, 7) is 2.13. The van der Waals surface area contributed by atoms with Crippen molar-refractivity contribution in [2.75, 3.05) is 17.7 Å². The van der Waals surface area contributed by atoms with Gasteiger partial charge in [0.2, 0.25) is 16.0 Å². The van der Waals surface area contributed by atoms with E-state index in [0.29, 0.717) is 17.8 Å². The van der Waals surface area contributed by atoms with E-state index in [2.05, 4.69) is 14.4 Å². The number of benzene rings is 1. The molecule has 0 saturated carbocycles. The van der Waals surface area contributed by atoms with Gasteiger partial charge in [-0.1, -0.05) is 12.1 Å². The smallest absolute Gasteiger partial charge is 0.290 e. The lowest BCUT2D eigenvalue weighted by Crippen LogP contribution is -2.59. The molecule has 0 bridgehead atoms. The maximum atomic E-state index is 14.6. The third-order valence-corrected chi connectivity index (χ3v) is 7.20. The maximum absolute atomic E-state index is 14.6. The third kappa shape index (κ3) is 3.59. The van der Waals surface area contributed by atoms with E-state index < -0.39 is 22.0 Å². The van der Waals surface area contributed by atoms with Crippen LogP contribution in [-0.2, 0) is 28.8 Å². The molecule has 0 amide bonds. The standard InChI is InChI=1S/C22H24F2N4O3S/c1-12-18(29)11-28(12)21-26-19(17-7-8-22(23,24)20(17)27-21)14-5-6-16-13(9-14)3-4-15(16)10-25-32(2,30)31/h5-6,9-10,12,15,18,29H,3-4,7-8,11H2,1-2H3/t12-,15?,18+/m0/s1. The SMILES string of the molecule is C[C@H]1[C@H](O)CN1c1nc(-c2ccc3c(c2)CCC3C=NS(C)(=O)=O)c2c(n1)C(F)(F)CC2. The van der Waals surface area contributed by atoms with E-state index in [9.17, 15) is 22.3 Å². The molecule has 1 N–H and O–H groups in total. The molecule has 1 fully saturated rings. The Balaban J connectivity index is 1.56. The molecule has 1 aromatic carbocycles. The van der Waals surface area contributed by atoms with Gasteiger partial charge in [0.25, 0.3) is 5.92 Å². The molecule has 2 heterocycles. The molecule has 2 aromatic rings. The number of fused-ring (bicyclic) bond motifs is 2. The topological polar surface area (TPSA) is 95.7 Å². The van der Waals surface area contributed by atoms with Crippen LogP contribution in [0.2, 0.25) is 0 Å². The van der Waals surface area contributed by atoms with Gasteiger partial charge >= 0.3 is 0 Å². The van der Waals surface area contributed by atoms with Crippen LogP contribution in [0.3, 0.4) is 0 Å². The molecule has 1 unspecified atom stereocenters. The van der Waals surface area contributed by atoms with Crippen molar-refractivity contribution in [1.82, 2.24) is 9.97 Å². The molecule has 170 valence electrons. The van der Waals surface area contributed by atoms with E-state index in [0.717, 1.165) is 35.8 Å². The van der Waals surface area contributed by atoms with E-state index in [1.54, 1.807) is 4.90 Å². The predicted octanol–water partition coefficient (Wildman–Crippen LogP) is 2.81. The van der Waals surface area contributed by atoms with Gasteiger partial charge in [0.05, 0.1) is 24.1 Å². The fraction of sp³-hybridized carbons (Fsp3) is 0.500. The monoisotopic (exact) mass is 462 g/mol. The molecular formula is C22H24F2N4O3S. The number of rotatable bonds is 4. The number of aryl methyl sites for hydroxylation is 1. The first kappa shape index (κ1) is 21.4. The number of aromatic nitrogens is 2. The summed E-state index contributed by atoms with van der Waals surface area (Å²) >= 11 is 0. The van der Waals surface area contributed by atoms with Crippen molar-refractivity contribution < 1.29 is 22.3 Å². The first-order chi connectivity index (χ1) is 15.0. The van der Waals surface area contributed by atoms with Crippen LogP contribution in [0.4, 0.5) is 14.7 Å². The number of hydrogen-bond donors (Lipinski definition) is 1. The lowest BCUT2D eigenvalue weighted by atomic mass is 9.97. The molecule has 7 nitrogen and oxygen atoms in total. The Hall–Kier alpha value is -2.46. The summed E-state index contributed by atoms with van der Waals surface area (Å²) in [4.78, 5) is 10.6. The van der Waals surface area contributed by atoms with Crippen LogP contribution in [-0.4, -0.2) is 54.7 Å². The fourth-order valence-corrected chi connectivity index (χ4v) is 5.14. The largest absolute Gasteiger partial charge is 0.389 e. The normalized spacial score (nSPS) is 26.3. The van der Waals surface area contributed by atoms with E-state index in [-0.39, 0.29) is 36.4 Å². The molecule has 32 heavy (non-hydrogen) atoms. The Bertz CT molecular complexity index is 1230. The summed E-state index contributed by atoms with van der Waals surface area (Å²) in [5, 5.41) is 9.86. The number of nitrogens with zero attached hydrogens (tertiary/aromatic N) is 4. The minimum absolute atomic E-state index is 0.0896. The third-order valence-electron chi connectivity index (χ3n) is 6.69. The van der Waals surface area contributed by atoms with Gasteiger partial charge in [0, 0.05) is 36.2 Å². The van der Waals surface area contributed by atoms with Gasteiger partial charge in [-0.05, 0) is 43.4 Å². The fourth-order valence-electron chi connectivity index (χ4n) is 4.77. The highest BCUT2D eigenvalue weighted by atomic mass is 32.2. The molecule has 3 aliphatic rings. The number of halogens is 2. The second kappa shape index (κ2) is 7.28. The van der Waals surface area contributed by atoms with Crippen molar-refractivity contribution in [1.29, 1.82) is 0 Å². The second-order valence-electron chi connectivity index (χ2n) is 8.91. The average Bonchev–Trinajstić information content (AvgIpc) is 3.29. The Morgan fingerprint density at radius 2 is 2.06 bits per heavy atom. The van der Waals surface area contributed by atoms with Gasteiger partial charge in [-0.25, -0.2) is 18.4 Å². The van der Waals surface area contributed by atoms with Gasteiger partial charge < -0.3 is 10.0 Å². The summed E-state index contributed by atoms with van der Waals surface area (Å²) in [5.74, 6) is -2.87. The van der Waals surface area contributed by atoms with E-state index in [1.807, 2.05) is 25.1 Å². The van der Waals surface area contributed by atoms with E-state index >= 15 is 0 Å². The van der Waals surface area contributed by atoms with Crippen molar-refractivity contribution in [2.24, 2.45) is 4.40 Å². The minimum Gasteiger partial charge on any atom is -0.389 e. The Labute approximate surface area is 185 Å². The van der Waals surface area contributed by atoms with Crippen LogP contribution < -0.4 is 4.90 Å². The zero-order valence-corrected chi connectivity index (χ0v) is 18.6. The van der Waals surface area contributed by atoms with Gasteiger partial charge in [0.15, 0.2) is 0 Å². The Kier molecular flexibility index (Phi) is 4.86. The van der Waals surface area contributed by atoms with Crippen LogP contribution in [0.5, 0.6) is 0 Å². The highest BCUT2D eigenvalue weighted by molar-refractivity contribution is 7.89. The highest BCUT2D eigenvalue weighted by Crippen LogP contribution is 2.45. The lowest BCUT2D eigenvalue weighted by Gasteiger charge is -2.43. The van der Waals surface area contributed by atoms with Crippen LogP contribution in [0.15, 0.2) is 22.6 Å². The molecule has 0 spiro atoms. The van der Waals surface area contributed by atoms with Gasteiger partial charge in [-0.2, -0.15) is 13.2 Å². The number of sulfonamides is 1. The first-order valence-corrected chi connectivity index (χ1v) is 12.5. The van der Waals surface area contributed by atoms with Crippen molar-refractivity contribution in [3.8, 4) is 11.3 Å². The number of aliphatic hydroxyl groups excluding tert-OH is 1. The van der Waals surface area contributed by atoms with Gasteiger partial charge in [0.1, 0.15) is 5.69 Å². The van der Waals surface area contributed by atoms with Crippen molar-refractivity contribution in [3.05, 3.63) is 40.6 Å². The molecule has 2 aliphatic carbocycles. The van der Waals surface area contributed by atoms with Crippen LogP contribution in [0.1, 0.15) is 48.1 Å². The molecule has 10 heteroatoms. The molecule has 5 rings (SSSR count). The van der Waals surface area contributed by atoms with E-state index in [4.69, 9.17) is 0 Å². The summed E-state index contributed by atoms with van der Waals surface area (Å²) in [6.07, 6.45) is 3.40. The van der Waals surface area contributed by atoms with Crippen molar-refractivity contribution >= 4 is 22.2 Å². The number of aliphatic hydroxyl groups is 1. The van der Waals surface area contributed by atoms with Crippen molar-refractivity contribution in [3.63, 3.8) is 0 Å². The van der Waals surface area contributed by atoms with Crippen molar-refractivity contribution in [2.45, 2.75) is 56.6 Å². The summed E-state index contributed by atoms with van der Waals surface area (Å²) in [6, 6.07) is 5.49. The Morgan fingerprint density at radius 3 is 2.75 bits per heavy atom. The summed E-state index contributed by atoms with van der Waals surface area (Å²) in [7, 11) is -3.44. The maximum Gasteiger partial charge on any atom is 0.290 e. The van der Waals surface area contributed by atoms with Gasteiger partial charge in [-0.3, -0.25) is 0 Å². The zero-order chi connectivity index (χ0) is 22.8. The molecular weight excluding hydrogens is 438 g/mol. The quantitative estimate of drug-likeness (QED) is 0.702. The van der Waals surface area contributed by atoms with E-state index in [1.165, 1.54) is 6.21 Å². The molecule has 1 aliphatic heterocycles. The molecule has 1 aromatic heterocycles.